The van der Waals surface area contributed by atoms with Gasteiger partial charge in [0.2, 0.25) is 5.13 Å². The second-order valence-corrected chi connectivity index (χ2v) is 6.11. The van der Waals surface area contributed by atoms with E-state index in [9.17, 15) is 4.79 Å². The van der Waals surface area contributed by atoms with Crippen molar-refractivity contribution in [2.45, 2.75) is 26.7 Å². The molecule has 1 aromatic carbocycles. The van der Waals surface area contributed by atoms with Crippen molar-refractivity contribution in [3.05, 3.63) is 34.8 Å². The van der Waals surface area contributed by atoms with Gasteiger partial charge in [-0.05, 0) is 43.3 Å². The zero-order valence-electron chi connectivity index (χ0n) is 13.0. The highest BCUT2D eigenvalue weighted by Gasteiger charge is 2.10. The van der Waals surface area contributed by atoms with Gasteiger partial charge in [0.15, 0.2) is 5.11 Å². The second-order valence-electron chi connectivity index (χ2n) is 4.64. The maximum absolute atomic E-state index is 12.2. The minimum absolute atomic E-state index is 0.189. The van der Waals surface area contributed by atoms with Crippen LogP contribution in [0.2, 0.25) is 0 Å². The van der Waals surface area contributed by atoms with Gasteiger partial charge in [0.05, 0.1) is 6.61 Å². The van der Waals surface area contributed by atoms with E-state index in [1.54, 1.807) is 18.2 Å². The van der Waals surface area contributed by atoms with E-state index in [1.807, 2.05) is 19.9 Å². The van der Waals surface area contributed by atoms with Crippen molar-refractivity contribution in [1.29, 1.82) is 0 Å². The highest BCUT2D eigenvalue weighted by molar-refractivity contribution is 7.80. The average molecular weight is 350 g/mol. The van der Waals surface area contributed by atoms with E-state index in [0.29, 0.717) is 23.1 Å². The van der Waals surface area contributed by atoms with Crippen LogP contribution < -0.4 is 15.4 Å². The number of aromatic nitrogens is 2. The van der Waals surface area contributed by atoms with E-state index in [1.165, 1.54) is 11.3 Å². The van der Waals surface area contributed by atoms with Crippen LogP contribution >= 0.6 is 23.6 Å². The lowest BCUT2D eigenvalue weighted by Crippen LogP contribution is -2.34. The Kier molecular flexibility index (Phi) is 6.42. The summed E-state index contributed by atoms with van der Waals surface area (Å²) in [5.74, 6) is 0.361. The lowest BCUT2D eigenvalue weighted by atomic mass is 10.2. The Bertz CT molecular complexity index is 688. The van der Waals surface area contributed by atoms with E-state index in [2.05, 4.69) is 20.8 Å². The number of thiocarbonyl (C=S) groups is 1. The van der Waals surface area contributed by atoms with Gasteiger partial charge in [0.25, 0.3) is 5.91 Å². The van der Waals surface area contributed by atoms with Crippen molar-refractivity contribution in [1.82, 2.24) is 15.5 Å². The predicted molar refractivity (Wildman–Crippen MR) is 95.2 cm³/mol. The number of amides is 1. The molecule has 0 atom stereocenters. The van der Waals surface area contributed by atoms with Gasteiger partial charge in [-0.3, -0.25) is 10.1 Å². The van der Waals surface area contributed by atoms with Crippen LogP contribution in [0, 0.1) is 0 Å². The molecule has 1 heterocycles. The summed E-state index contributed by atoms with van der Waals surface area (Å²) in [7, 11) is 0. The Morgan fingerprint density at radius 1 is 1.35 bits per heavy atom. The van der Waals surface area contributed by atoms with Gasteiger partial charge in [0, 0.05) is 5.56 Å². The molecule has 0 spiro atoms. The van der Waals surface area contributed by atoms with Gasteiger partial charge < -0.3 is 10.1 Å². The molecule has 6 nitrogen and oxygen atoms in total. The zero-order chi connectivity index (χ0) is 16.7. The van der Waals surface area contributed by atoms with Gasteiger partial charge in [-0.25, -0.2) is 0 Å². The number of carbonyl (C=O) groups is 1. The van der Waals surface area contributed by atoms with Gasteiger partial charge in [0.1, 0.15) is 10.8 Å². The number of hydrogen-bond acceptors (Lipinski definition) is 6. The fraction of sp³-hybridized carbons (Fsp3) is 0.333. The molecule has 0 aliphatic rings. The SMILES string of the molecule is CCCOc1cccc(C(=O)NC(=S)Nc2nnc(CC)s2)c1. The van der Waals surface area contributed by atoms with Crippen LogP contribution in [0.5, 0.6) is 5.75 Å². The monoisotopic (exact) mass is 350 g/mol. The number of rotatable bonds is 6. The van der Waals surface area contributed by atoms with Gasteiger partial charge in [-0.15, -0.1) is 10.2 Å². The van der Waals surface area contributed by atoms with E-state index < -0.39 is 0 Å². The fourth-order valence-corrected chi connectivity index (χ4v) is 2.64. The molecule has 0 saturated heterocycles. The molecule has 2 rings (SSSR count). The molecule has 23 heavy (non-hydrogen) atoms. The number of anilines is 1. The van der Waals surface area contributed by atoms with E-state index in [0.717, 1.165) is 17.8 Å². The molecule has 1 amide bonds. The molecule has 122 valence electrons. The lowest BCUT2D eigenvalue weighted by Gasteiger charge is -2.09. The molecule has 0 unspecified atom stereocenters. The van der Waals surface area contributed by atoms with Crippen molar-refractivity contribution in [3.8, 4) is 5.75 Å². The standard InChI is InChI=1S/C15H18N4O2S2/c1-3-8-21-11-7-5-6-10(9-11)13(20)16-14(22)17-15-19-18-12(4-2)23-15/h5-7,9H,3-4,8H2,1-2H3,(H2,16,17,19,20,22). The molecule has 0 aliphatic carbocycles. The number of carbonyl (C=O) groups excluding carboxylic acids is 1. The zero-order valence-corrected chi connectivity index (χ0v) is 14.6. The first-order chi connectivity index (χ1) is 11.1. The number of aryl methyl sites for hydroxylation is 1. The molecule has 0 radical (unpaired) electrons. The third-order valence-corrected chi connectivity index (χ3v) is 3.97. The van der Waals surface area contributed by atoms with Gasteiger partial charge in [-0.1, -0.05) is 31.3 Å². The number of nitrogens with zero attached hydrogens (tertiary/aromatic N) is 2. The summed E-state index contributed by atoms with van der Waals surface area (Å²) in [6.07, 6.45) is 1.72. The molecule has 0 bridgehead atoms. The largest absolute Gasteiger partial charge is 0.494 e. The highest BCUT2D eigenvalue weighted by Crippen LogP contribution is 2.16. The average Bonchev–Trinajstić information content (AvgIpc) is 3.00. The molecule has 2 N–H and O–H groups in total. The molecule has 0 aliphatic heterocycles. The quantitative estimate of drug-likeness (QED) is 0.780. The number of benzene rings is 1. The summed E-state index contributed by atoms with van der Waals surface area (Å²) < 4.78 is 5.52. The van der Waals surface area contributed by atoms with Gasteiger partial charge >= 0.3 is 0 Å². The summed E-state index contributed by atoms with van der Waals surface area (Å²) in [6, 6.07) is 6.98. The Hall–Kier alpha value is -2.06. The third kappa shape index (κ3) is 5.26. The normalized spacial score (nSPS) is 10.2. The van der Waals surface area contributed by atoms with Crippen molar-refractivity contribution >= 4 is 39.7 Å². The minimum atomic E-state index is -0.301. The Labute approximate surface area is 144 Å². The first-order valence-electron chi connectivity index (χ1n) is 7.30. The van der Waals surface area contributed by atoms with E-state index >= 15 is 0 Å². The van der Waals surface area contributed by atoms with Crippen LogP contribution in [0.3, 0.4) is 0 Å². The first kappa shape index (κ1) is 17.3. The summed E-state index contributed by atoms with van der Waals surface area (Å²) in [5, 5.41) is 15.1. The molecule has 2 aromatic rings. The third-order valence-electron chi connectivity index (χ3n) is 2.79. The Morgan fingerprint density at radius 3 is 2.87 bits per heavy atom. The van der Waals surface area contributed by atoms with Crippen molar-refractivity contribution < 1.29 is 9.53 Å². The molecule has 8 heteroatoms. The van der Waals surface area contributed by atoms with Crippen LogP contribution in [0.15, 0.2) is 24.3 Å². The second kappa shape index (κ2) is 8.54. The molecular weight excluding hydrogens is 332 g/mol. The topological polar surface area (TPSA) is 76.1 Å². The lowest BCUT2D eigenvalue weighted by molar-refractivity contribution is 0.0977. The summed E-state index contributed by atoms with van der Waals surface area (Å²) in [4.78, 5) is 12.2. The predicted octanol–water partition coefficient (Wildman–Crippen LogP) is 3.02. The van der Waals surface area contributed by atoms with E-state index in [4.69, 9.17) is 17.0 Å². The Balaban J connectivity index is 1.93. The molecule has 0 fully saturated rings. The summed E-state index contributed by atoms with van der Waals surface area (Å²) in [5.41, 5.74) is 0.481. The number of hydrogen-bond donors (Lipinski definition) is 2. The summed E-state index contributed by atoms with van der Waals surface area (Å²) in [6.45, 7) is 4.64. The van der Waals surface area contributed by atoms with Crippen LogP contribution in [-0.4, -0.2) is 27.8 Å². The minimum Gasteiger partial charge on any atom is -0.494 e. The van der Waals surface area contributed by atoms with Gasteiger partial charge in [-0.2, -0.15) is 0 Å². The van der Waals surface area contributed by atoms with Crippen LogP contribution in [-0.2, 0) is 6.42 Å². The van der Waals surface area contributed by atoms with Crippen LogP contribution in [0.25, 0.3) is 0 Å². The van der Waals surface area contributed by atoms with Crippen molar-refractivity contribution in [2.75, 3.05) is 11.9 Å². The molecular formula is C15H18N4O2S2. The Morgan fingerprint density at radius 2 is 2.17 bits per heavy atom. The smallest absolute Gasteiger partial charge is 0.257 e. The van der Waals surface area contributed by atoms with E-state index in [-0.39, 0.29) is 11.0 Å². The maximum atomic E-state index is 12.2. The number of ether oxygens (including phenoxy) is 1. The van der Waals surface area contributed by atoms with Crippen molar-refractivity contribution in [3.63, 3.8) is 0 Å². The van der Waals surface area contributed by atoms with Crippen LogP contribution in [0.4, 0.5) is 5.13 Å². The maximum Gasteiger partial charge on any atom is 0.257 e. The summed E-state index contributed by atoms with van der Waals surface area (Å²) >= 11 is 6.53. The van der Waals surface area contributed by atoms with Crippen LogP contribution in [0.1, 0.15) is 35.6 Å². The first-order valence-corrected chi connectivity index (χ1v) is 8.52. The molecule has 1 aromatic heterocycles. The number of nitrogens with one attached hydrogen (secondary N) is 2. The van der Waals surface area contributed by atoms with Crippen molar-refractivity contribution in [2.24, 2.45) is 0 Å². The molecule has 0 saturated carbocycles. The fourth-order valence-electron chi connectivity index (χ4n) is 1.70. The highest BCUT2D eigenvalue weighted by atomic mass is 32.1.